The van der Waals surface area contributed by atoms with Crippen molar-refractivity contribution >= 4 is 45.9 Å². The number of anilines is 2. The number of nitrogens with one attached hydrogen (secondary N) is 1. The SMILES string of the molecule is C[C@@H](Sc1nc(CN2CCOCC2)nc2ccccc12)C(=O)N1CC(=O)Nc2ccccc21. The van der Waals surface area contributed by atoms with E-state index in [1.54, 1.807) is 11.0 Å². The minimum Gasteiger partial charge on any atom is -0.379 e. The van der Waals surface area contributed by atoms with E-state index in [-0.39, 0.29) is 18.4 Å². The van der Waals surface area contributed by atoms with Gasteiger partial charge in [-0.15, -0.1) is 0 Å². The Balaban J connectivity index is 1.41. The summed E-state index contributed by atoms with van der Waals surface area (Å²) in [4.78, 5) is 39.0. The second-order valence-corrected chi connectivity index (χ2v) is 9.43. The molecule has 0 spiro atoms. The molecule has 33 heavy (non-hydrogen) atoms. The average molecular weight is 464 g/mol. The predicted octanol–water partition coefficient (Wildman–Crippen LogP) is 2.93. The Morgan fingerprint density at radius 2 is 1.88 bits per heavy atom. The Hall–Kier alpha value is -3.01. The number of morpholine rings is 1. The van der Waals surface area contributed by atoms with Gasteiger partial charge in [0.25, 0.3) is 0 Å². The molecule has 1 aromatic heterocycles. The summed E-state index contributed by atoms with van der Waals surface area (Å²) < 4.78 is 5.44. The summed E-state index contributed by atoms with van der Waals surface area (Å²) in [6.45, 7) is 5.64. The number of carbonyl (C=O) groups is 2. The van der Waals surface area contributed by atoms with Crippen LogP contribution in [-0.2, 0) is 20.9 Å². The van der Waals surface area contributed by atoms with Crippen molar-refractivity contribution in [2.45, 2.75) is 23.7 Å². The standard InChI is InChI=1S/C24H25N5O3S/c1-16(24(31)29-15-22(30)26-19-8-4-5-9-20(19)29)33-23-17-6-2-3-7-18(17)25-21(27-23)14-28-10-12-32-13-11-28/h2-9,16H,10-15H2,1H3,(H,26,30)/t16-/m1/s1. The molecule has 0 radical (unpaired) electrons. The Bertz CT molecular complexity index is 1200. The van der Waals surface area contributed by atoms with Crippen molar-refractivity contribution in [1.29, 1.82) is 0 Å². The van der Waals surface area contributed by atoms with Crippen LogP contribution >= 0.6 is 11.8 Å². The molecule has 0 unspecified atom stereocenters. The highest BCUT2D eigenvalue weighted by Crippen LogP contribution is 2.34. The Morgan fingerprint density at radius 1 is 1.12 bits per heavy atom. The summed E-state index contributed by atoms with van der Waals surface area (Å²) in [7, 11) is 0. The lowest BCUT2D eigenvalue weighted by Crippen LogP contribution is -2.45. The van der Waals surface area contributed by atoms with Crippen LogP contribution in [0.3, 0.4) is 0 Å². The first-order valence-corrected chi connectivity index (χ1v) is 11.9. The van der Waals surface area contributed by atoms with Gasteiger partial charge in [0.2, 0.25) is 11.8 Å². The molecular weight excluding hydrogens is 438 g/mol. The minimum absolute atomic E-state index is 0.00749. The molecule has 2 aliphatic heterocycles. The smallest absolute Gasteiger partial charge is 0.244 e. The first kappa shape index (κ1) is 21.8. The maximum absolute atomic E-state index is 13.4. The monoisotopic (exact) mass is 463 g/mol. The van der Waals surface area contributed by atoms with E-state index in [1.165, 1.54) is 11.8 Å². The maximum Gasteiger partial charge on any atom is 0.244 e. The van der Waals surface area contributed by atoms with E-state index in [4.69, 9.17) is 14.7 Å². The van der Waals surface area contributed by atoms with Gasteiger partial charge >= 0.3 is 0 Å². The van der Waals surface area contributed by atoms with Crippen molar-refractivity contribution in [3.8, 4) is 0 Å². The van der Waals surface area contributed by atoms with Gasteiger partial charge in [-0.2, -0.15) is 0 Å². The second-order valence-electron chi connectivity index (χ2n) is 8.10. The summed E-state index contributed by atoms with van der Waals surface area (Å²) in [6.07, 6.45) is 0. The van der Waals surface area contributed by atoms with Crippen molar-refractivity contribution in [2.75, 3.05) is 43.1 Å². The number of aromatic nitrogens is 2. The third-order valence-electron chi connectivity index (χ3n) is 5.76. The summed E-state index contributed by atoms with van der Waals surface area (Å²) in [5.41, 5.74) is 2.23. The van der Waals surface area contributed by atoms with Crippen molar-refractivity contribution < 1.29 is 14.3 Å². The summed E-state index contributed by atoms with van der Waals surface area (Å²) in [6, 6.07) is 15.2. The van der Waals surface area contributed by atoms with Crippen LogP contribution < -0.4 is 10.2 Å². The number of hydrogen-bond acceptors (Lipinski definition) is 7. The summed E-state index contributed by atoms with van der Waals surface area (Å²) in [5.74, 6) is 0.416. The Morgan fingerprint density at radius 3 is 2.73 bits per heavy atom. The quantitative estimate of drug-likeness (QED) is 0.460. The van der Waals surface area contributed by atoms with E-state index < -0.39 is 5.25 Å². The molecule has 1 N–H and O–H groups in total. The van der Waals surface area contributed by atoms with E-state index >= 15 is 0 Å². The number of rotatable bonds is 5. The van der Waals surface area contributed by atoms with Crippen molar-refractivity contribution in [1.82, 2.24) is 14.9 Å². The number of para-hydroxylation sites is 3. The molecule has 2 amide bonds. The number of amides is 2. The molecule has 9 heteroatoms. The van der Waals surface area contributed by atoms with Crippen LogP contribution in [0.4, 0.5) is 11.4 Å². The number of nitrogens with zero attached hydrogens (tertiary/aromatic N) is 4. The first-order valence-electron chi connectivity index (χ1n) is 11.0. The van der Waals surface area contributed by atoms with Crippen LogP contribution in [0, 0.1) is 0 Å². The number of benzene rings is 2. The molecule has 5 rings (SSSR count). The molecule has 2 aromatic carbocycles. The lowest BCUT2D eigenvalue weighted by atomic mass is 10.2. The van der Waals surface area contributed by atoms with Crippen molar-refractivity contribution in [2.24, 2.45) is 0 Å². The molecule has 170 valence electrons. The van der Waals surface area contributed by atoms with E-state index in [0.29, 0.717) is 25.4 Å². The highest BCUT2D eigenvalue weighted by atomic mass is 32.2. The van der Waals surface area contributed by atoms with Crippen LogP contribution in [0.15, 0.2) is 53.6 Å². The number of thioether (sulfide) groups is 1. The fraction of sp³-hybridized carbons (Fsp3) is 0.333. The second kappa shape index (κ2) is 9.46. The zero-order chi connectivity index (χ0) is 22.8. The number of ether oxygens (including phenoxy) is 1. The molecule has 1 atom stereocenters. The average Bonchev–Trinajstić information content (AvgIpc) is 2.83. The van der Waals surface area contributed by atoms with Crippen molar-refractivity contribution in [3.63, 3.8) is 0 Å². The van der Waals surface area contributed by atoms with Gasteiger partial charge in [-0.05, 0) is 25.1 Å². The molecular formula is C24H25N5O3S. The van der Waals surface area contributed by atoms with Gasteiger partial charge in [0.15, 0.2) is 0 Å². The lowest BCUT2D eigenvalue weighted by Gasteiger charge is -2.31. The third-order valence-corrected chi connectivity index (χ3v) is 6.85. The summed E-state index contributed by atoms with van der Waals surface area (Å²) >= 11 is 1.41. The topological polar surface area (TPSA) is 87.7 Å². The number of fused-ring (bicyclic) bond motifs is 2. The Kier molecular flexibility index (Phi) is 6.26. The Labute approximate surface area is 196 Å². The van der Waals surface area contributed by atoms with Gasteiger partial charge in [0, 0.05) is 18.5 Å². The highest BCUT2D eigenvalue weighted by molar-refractivity contribution is 8.00. The first-order chi connectivity index (χ1) is 16.1. The van der Waals surface area contributed by atoms with Crippen LogP contribution in [0.25, 0.3) is 10.9 Å². The van der Waals surface area contributed by atoms with Gasteiger partial charge in [0.05, 0.1) is 41.9 Å². The van der Waals surface area contributed by atoms with E-state index in [9.17, 15) is 9.59 Å². The normalized spacial score (nSPS) is 17.5. The van der Waals surface area contributed by atoms with Gasteiger partial charge in [0.1, 0.15) is 17.4 Å². The third kappa shape index (κ3) is 4.71. The van der Waals surface area contributed by atoms with Crippen LogP contribution in [-0.4, -0.2) is 64.8 Å². The fourth-order valence-electron chi connectivity index (χ4n) is 4.08. The fourth-order valence-corrected chi connectivity index (χ4v) is 5.10. The molecule has 0 aliphatic carbocycles. The molecule has 0 bridgehead atoms. The molecule has 3 heterocycles. The molecule has 8 nitrogen and oxygen atoms in total. The molecule has 2 aliphatic rings. The predicted molar refractivity (Wildman–Crippen MR) is 128 cm³/mol. The summed E-state index contributed by atoms with van der Waals surface area (Å²) in [5, 5.41) is 4.10. The molecule has 3 aromatic rings. The maximum atomic E-state index is 13.4. The lowest BCUT2D eigenvalue weighted by molar-refractivity contribution is -0.121. The molecule has 1 fully saturated rings. The van der Waals surface area contributed by atoms with Gasteiger partial charge in [-0.1, -0.05) is 42.1 Å². The molecule has 1 saturated heterocycles. The minimum atomic E-state index is -0.432. The zero-order valence-electron chi connectivity index (χ0n) is 18.4. The van der Waals surface area contributed by atoms with Crippen molar-refractivity contribution in [3.05, 3.63) is 54.4 Å². The van der Waals surface area contributed by atoms with Gasteiger partial charge in [-0.3, -0.25) is 19.4 Å². The zero-order valence-corrected chi connectivity index (χ0v) is 19.2. The largest absolute Gasteiger partial charge is 0.379 e. The highest BCUT2D eigenvalue weighted by Gasteiger charge is 2.30. The molecule has 0 saturated carbocycles. The van der Waals surface area contributed by atoms with E-state index in [2.05, 4.69) is 10.2 Å². The van der Waals surface area contributed by atoms with Gasteiger partial charge in [-0.25, -0.2) is 9.97 Å². The van der Waals surface area contributed by atoms with Gasteiger partial charge < -0.3 is 10.1 Å². The van der Waals surface area contributed by atoms with Crippen LogP contribution in [0.1, 0.15) is 12.7 Å². The number of carbonyl (C=O) groups excluding carboxylic acids is 2. The number of hydrogen-bond donors (Lipinski definition) is 1. The van der Waals surface area contributed by atoms with Crippen LogP contribution in [0.5, 0.6) is 0 Å². The van der Waals surface area contributed by atoms with Crippen LogP contribution in [0.2, 0.25) is 0 Å². The van der Waals surface area contributed by atoms with E-state index in [1.807, 2.05) is 49.4 Å². The van der Waals surface area contributed by atoms with E-state index in [0.717, 1.165) is 40.5 Å².